The van der Waals surface area contributed by atoms with E-state index < -0.39 is 40.1 Å². The van der Waals surface area contributed by atoms with E-state index in [0.717, 1.165) is 0 Å². The first-order chi connectivity index (χ1) is 10.6. The third-order valence-electron chi connectivity index (χ3n) is 2.43. The van der Waals surface area contributed by atoms with Gasteiger partial charge in [0.2, 0.25) is 6.04 Å². The lowest BCUT2D eigenvalue weighted by atomic mass is 10.1. The fraction of sp³-hybridized carbons (Fsp3) is 0.429. The van der Waals surface area contributed by atoms with Gasteiger partial charge in [-0.3, -0.25) is 8.98 Å². The van der Waals surface area contributed by atoms with E-state index in [0.29, 0.717) is 0 Å². The topological polar surface area (TPSA) is 116 Å². The SMILES string of the molecule is CC(C)(C)OC(=O)C(N=O)C(=O)COS(=O)(=O)c1ccccc1. The van der Waals surface area contributed by atoms with Crippen LogP contribution in [0.1, 0.15) is 20.8 Å². The van der Waals surface area contributed by atoms with Gasteiger partial charge in [0.25, 0.3) is 10.1 Å². The van der Waals surface area contributed by atoms with E-state index in [1.165, 1.54) is 24.3 Å². The Labute approximate surface area is 133 Å². The summed E-state index contributed by atoms with van der Waals surface area (Å²) in [7, 11) is -4.17. The molecule has 0 amide bonds. The van der Waals surface area contributed by atoms with Crippen LogP contribution in [0, 0.1) is 4.91 Å². The van der Waals surface area contributed by atoms with Gasteiger partial charge < -0.3 is 4.74 Å². The summed E-state index contributed by atoms with van der Waals surface area (Å²) < 4.78 is 33.1. The van der Waals surface area contributed by atoms with E-state index >= 15 is 0 Å². The molecule has 0 aliphatic carbocycles. The van der Waals surface area contributed by atoms with Gasteiger partial charge in [0, 0.05) is 0 Å². The lowest BCUT2D eigenvalue weighted by molar-refractivity contribution is -0.158. The van der Waals surface area contributed by atoms with E-state index in [1.807, 2.05) is 0 Å². The third kappa shape index (κ3) is 5.87. The monoisotopic (exact) mass is 343 g/mol. The Hall–Kier alpha value is -2.13. The van der Waals surface area contributed by atoms with Crippen LogP contribution in [-0.4, -0.2) is 38.4 Å². The summed E-state index contributed by atoms with van der Waals surface area (Å²) in [5, 5.41) is 2.40. The van der Waals surface area contributed by atoms with E-state index in [4.69, 9.17) is 4.74 Å². The number of Topliss-reactive ketones (excluding diaryl/α,β-unsaturated/α-hetero) is 1. The van der Waals surface area contributed by atoms with Crippen molar-refractivity contribution in [3.05, 3.63) is 35.2 Å². The van der Waals surface area contributed by atoms with Crippen molar-refractivity contribution >= 4 is 21.9 Å². The Balaban J connectivity index is 2.74. The molecule has 1 rings (SSSR count). The minimum atomic E-state index is -4.17. The lowest BCUT2D eigenvalue weighted by Gasteiger charge is -2.20. The van der Waals surface area contributed by atoms with Gasteiger partial charge in [0.05, 0.1) is 4.90 Å². The maximum atomic E-state index is 11.8. The fourth-order valence-electron chi connectivity index (χ4n) is 1.46. The normalized spacial score (nSPS) is 13.2. The molecule has 0 bridgehead atoms. The molecule has 0 aromatic heterocycles. The van der Waals surface area contributed by atoms with Gasteiger partial charge in [-0.05, 0) is 38.1 Å². The molecule has 1 unspecified atom stereocenters. The van der Waals surface area contributed by atoms with Crippen molar-refractivity contribution in [2.45, 2.75) is 37.3 Å². The molecule has 0 fully saturated rings. The number of carbonyl (C=O) groups excluding carboxylic acids is 2. The molecule has 0 radical (unpaired) electrons. The summed E-state index contributed by atoms with van der Waals surface area (Å²) in [6, 6.07) is 5.16. The van der Waals surface area contributed by atoms with Crippen molar-refractivity contribution in [3.63, 3.8) is 0 Å². The molecule has 0 saturated heterocycles. The van der Waals surface area contributed by atoms with Crippen molar-refractivity contribution < 1.29 is 26.9 Å². The van der Waals surface area contributed by atoms with Crippen LogP contribution in [0.2, 0.25) is 0 Å². The average molecular weight is 343 g/mol. The van der Waals surface area contributed by atoms with E-state index in [-0.39, 0.29) is 4.90 Å². The van der Waals surface area contributed by atoms with Crippen LogP contribution >= 0.6 is 0 Å². The predicted octanol–water partition coefficient (Wildman–Crippen LogP) is 1.44. The van der Waals surface area contributed by atoms with Crippen LogP contribution in [-0.2, 0) is 28.6 Å². The molecular weight excluding hydrogens is 326 g/mol. The summed E-state index contributed by atoms with van der Waals surface area (Å²) >= 11 is 0. The summed E-state index contributed by atoms with van der Waals surface area (Å²) in [5.41, 5.74) is -0.919. The number of benzene rings is 1. The van der Waals surface area contributed by atoms with E-state index in [1.54, 1.807) is 26.8 Å². The molecule has 1 aromatic carbocycles. The van der Waals surface area contributed by atoms with Gasteiger partial charge in [-0.25, -0.2) is 4.79 Å². The molecule has 0 saturated carbocycles. The number of nitrogens with zero attached hydrogens (tertiary/aromatic N) is 1. The van der Waals surface area contributed by atoms with E-state index in [2.05, 4.69) is 9.36 Å². The number of hydrogen-bond acceptors (Lipinski definition) is 8. The average Bonchev–Trinajstić information content (AvgIpc) is 2.45. The lowest BCUT2D eigenvalue weighted by Crippen LogP contribution is -2.37. The fourth-order valence-corrected chi connectivity index (χ4v) is 2.36. The minimum absolute atomic E-state index is 0.152. The highest BCUT2D eigenvalue weighted by molar-refractivity contribution is 7.86. The van der Waals surface area contributed by atoms with Crippen LogP contribution in [0.4, 0.5) is 0 Å². The molecule has 1 aromatic rings. The number of hydrogen-bond donors (Lipinski definition) is 0. The second-order valence-corrected chi connectivity index (χ2v) is 7.15. The zero-order chi connectivity index (χ0) is 17.7. The number of carbonyl (C=O) groups is 2. The molecule has 0 heterocycles. The van der Waals surface area contributed by atoms with E-state index in [9.17, 15) is 22.9 Å². The number of ketones is 1. The van der Waals surface area contributed by atoms with Gasteiger partial charge in [-0.1, -0.05) is 18.2 Å². The summed E-state index contributed by atoms with van der Waals surface area (Å²) in [6.45, 7) is 3.65. The van der Waals surface area contributed by atoms with Crippen LogP contribution in [0.15, 0.2) is 40.4 Å². The van der Waals surface area contributed by atoms with Crippen molar-refractivity contribution in [3.8, 4) is 0 Å². The van der Waals surface area contributed by atoms with Crippen molar-refractivity contribution in [2.75, 3.05) is 6.61 Å². The summed E-state index contributed by atoms with van der Waals surface area (Å²) in [4.78, 5) is 34.0. The number of esters is 1. The minimum Gasteiger partial charge on any atom is -0.458 e. The molecule has 8 nitrogen and oxygen atoms in total. The van der Waals surface area contributed by atoms with Gasteiger partial charge >= 0.3 is 5.97 Å². The molecular formula is C14H17NO7S. The number of ether oxygens (including phenoxy) is 1. The molecule has 0 aliphatic heterocycles. The highest BCUT2D eigenvalue weighted by Gasteiger charge is 2.33. The quantitative estimate of drug-likeness (QED) is 0.318. The zero-order valence-electron chi connectivity index (χ0n) is 12.9. The smallest absolute Gasteiger partial charge is 0.343 e. The Morgan fingerprint density at radius 3 is 2.22 bits per heavy atom. The van der Waals surface area contributed by atoms with Crippen molar-refractivity contribution in [1.82, 2.24) is 0 Å². The summed E-state index contributed by atoms with van der Waals surface area (Å²) in [6.07, 6.45) is 0. The second kappa shape index (κ2) is 7.42. The Morgan fingerprint density at radius 1 is 1.17 bits per heavy atom. The van der Waals surface area contributed by atoms with Crippen molar-refractivity contribution in [1.29, 1.82) is 0 Å². The first-order valence-corrected chi connectivity index (χ1v) is 8.00. The molecule has 1 atom stereocenters. The Kier molecular flexibility index (Phi) is 6.11. The summed E-state index contributed by atoms with van der Waals surface area (Å²) in [5.74, 6) is -2.26. The number of nitroso groups, excluding NO2 is 1. The number of rotatable bonds is 7. The highest BCUT2D eigenvalue weighted by atomic mass is 32.2. The predicted molar refractivity (Wildman–Crippen MR) is 80.0 cm³/mol. The standard InChI is InChI=1S/C14H17NO7S/c1-14(2,3)22-13(17)12(15-18)11(16)9-21-23(19,20)10-7-5-4-6-8-10/h4-8,12H,9H2,1-3H3. The maximum absolute atomic E-state index is 11.8. The molecule has 0 N–H and O–H groups in total. The van der Waals surface area contributed by atoms with Crippen molar-refractivity contribution in [2.24, 2.45) is 5.18 Å². The van der Waals surface area contributed by atoms with Crippen LogP contribution in [0.3, 0.4) is 0 Å². The largest absolute Gasteiger partial charge is 0.458 e. The third-order valence-corrected chi connectivity index (χ3v) is 3.71. The molecule has 0 spiro atoms. The highest BCUT2D eigenvalue weighted by Crippen LogP contribution is 2.13. The first kappa shape index (κ1) is 18.9. The molecule has 126 valence electrons. The van der Waals surface area contributed by atoms with Crippen LogP contribution in [0.5, 0.6) is 0 Å². The first-order valence-electron chi connectivity index (χ1n) is 6.59. The maximum Gasteiger partial charge on any atom is 0.343 e. The van der Waals surface area contributed by atoms with Gasteiger partial charge in [-0.15, -0.1) is 4.91 Å². The van der Waals surface area contributed by atoms with Crippen LogP contribution in [0.25, 0.3) is 0 Å². The molecule has 9 heteroatoms. The Bertz CT molecular complexity index is 677. The zero-order valence-corrected chi connectivity index (χ0v) is 13.7. The molecule has 0 aliphatic rings. The van der Waals surface area contributed by atoms with Gasteiger partial charge in [0.1, 0.15) is 12.2 Å². The molecule has 23 heavy (non-hydrogen) atoms. The Morgan fingerprint density at radius 2 is 1.74 bits per heavy atom. The van der Waals surface area contributed by atoms with Crippen LogP contribution < -0.4 is 0 Å². The van der Waals surface area contributed by atoms with Gasteiger partial charge in [0.15, 0.2) is 5.78 Å². The second-order valence-electron chi connectivity index (χ2n) is 5.54. The van der Waals surface area contributed by atoms with Gasteiger partial charge in [-0.2, -0.15) is 8.42 Å².